The molecule has 0 aromatic carbocycles. The minimum absolute atomic E-state index is 0.150. The molecule has 0 atom stereocenters. The van der Waals surface area contributed by atoms with Gasteiger partial charge in [0.15, 0.2) is 0 Å². The SMILES string of the molecule is CC/C(C)=C(/C=C(/B(O)O)N(C)C)C(F)(F)F. The van der Waals surface area contributed by atoms with Crippen molar-refractivity contribution in [2.45, 2.75) is 26.4 Å². The Morgan fingerprint density at radius 2 is 1.76 bits per heavy atom. The van der Waals surface area contributed by atoms with Crippen LogP contribution in [0.25, 0.3) is 0 Å². The molecule has 0 aromatic heterocycles. The van der Waals surface area contributed by atoms with E-state index < -0.39 is 18.9 Å². The van der Waals surface area contributed by atoms with Crippen LogP contribution in [0.4, 0.5) is 13.2 Å². The zero-order valence-corrected chi connectivity index (χ0v) is 10.3. The normalized spacial score (nSPS) is 14.5. The predicted molar refractivity (Wildman–Crippen MR) is 61.0 cm³/mol. The third-order valence-corrected chi connectivity index (χ3v) is 2.37. The van der Waals surface area contributed by atoms with E-state index in [0.717, 1.165) is 6.08 Å². The first kappa shape index (κ1) is 16.1. The predicted octanol–water partition coefficient (Wildman–Crippen LogP) is 1.73. The van der Waals surface area contributed by atoms with Crippen LogP contribution in [-0.2, 0) is 0 Å². The number of hydrogen-bond acceptors (Lipinski definition) is 3. The largest absolute Gasteiger partial charge is 0.505 e. The van der Waals surface area contributed by atoms with Crippen LogP contribution < -0.4 is 0 Å². The highest BCUT2D eigenvalue weighted by molar-refractivity contribution is 6.50. The molecule has 7 heteroatoms. The fourth-order valence-electron chi connectivity index (χ4n) is 1.22. The molecule has 0 fully saturated rings. The molecule has 0 saturated carbocycles. The van der Waals surface area contributed by atoms with Gasteiger partial charge in [0.2, 0.25) is 0 Å². The van der Waals surface area contributed by atoms with Crippen LogP contribution in [0.2, 0.25) is 0 Å². The fraction of sp³-hybridized carbons (Fsp3) is 0.600. The van der Waals surface area contributed by atoms with Gasteiger partial charge in [-0.25, -0.2) is 0 Å². The van der Waals surface area contributed by atoms with Crippen molar-refractivity contribution in [1.29, 1.82) is 0 Å². The van der Waals surface area contributed by atoms with Gasteiger partial charge in [0.1, 0.15) is 0 Å². The van der Waals surface area contributed by atoms with Gasteiger partial charge < -0.3 is 14.9 Å². The van der Waals surface area contributed by atoms with Gasteiger partial charge in [-0.05, 0) is 19.4 Å². The Hall–Kier alpha value is -0.945. The van der Waals surface area contributed by atoms with E-state index in [1.807, 2.05) is 0 Å². The summed E-state index contributed by atoms with van der Waals surface area (Å²) in [4.78, 5) is 1.24. The van der Waals surface area contributed by atoms with E-state index in [1.165, 1.54) is 25.9 Å². The molecule has 0 bridgehead atoms. The molecule has 0 unspecified atom stereocenters. The number of rotatable bonds is 4. The van der Waals surface area contributed by atoms with Crippen molar-refractivity contribution in [2.24, 2.45) is 0 Å². The molecule has 0 radical (unpaired) electrons. The quantitative estimate of drug-likeness (QED) is 0.590. The number of hydrogen-bond donors (Lipinski definition) is 2. The molecule has 0 aliphatic heterocycles. The first-order chi connectivity index (χ1) is 7.61. The lowest BCUT2D eigenvalue weighted by Crippen LogP contribution is -2.28. The highest BCUT2D eigenvalue weighted by Gasteiger charge is 2.35. The second-order valence-corrected chi connectivity index (χ2v) is 3.88. The van der Waals surface area contributed by atoms with Gasteiger partial charge in [-0.3, -0.25) is 0 Å². The van der Waals surface area contributed by atoms with E-state index in [1.54, 1.807) is 6.92 Å². The van der Waals surface area contributed by atoms with Crippen molar-refractivity contribution in [2.75, 3.05) is 14.1 Å². The summed E-state index contributed by atoms with van der Waals surface area (Å²) in [7, 11) is 0.952. The topological polar surface area (TPSA) is 43.7 Å². The van der Waals surface area contributed by atoms with Gasteiger partial charge in [-0.2, -0.15) is 13.2 Å². The molecule has 3 nitrogen and oxygen atoms in total. The summed E-state index contributed by atoms with van der Waals surface area (Å²) in [6, 6.07) is 0. The molecule has 17 heavy (non-hydrogen) atoms. The first-order valence-electron chi connectivity index (χ1n) is 5.13. The molecule has 0 aromatic rings. The smallest absolute Gasteiger partial charge is 0.422 e. The third kappa shape index (κ3) is 4.83. The molecule has 0 saturated heterocycles. The van der Waals surface area contributed by atoms with Crippen molar-refractivity contribution < 1.29 is 23.2 Å². The van der Waals surface area contributed by atoms with Crippen molar-refractivity contribution in [1.82, 2.24) is 4.90 Å². The first-order valence-corrected chi connectivity index (χ1v) is 5.13. The lowest BCUT2D eigenvalue weighted by molar-refractivity contribution is -0.0892. The average Bonchev–Trinajstić information content (AvgIpc) is 2.14. The molecule has 98 valence electrons. The summed E-state index contributed by atoms with van der Waals surface area (Å²) in [5.74, 6) is 0. The van der Waals surface area contributed by atoms with Gasteiger partial charge in [-0.1, -0.05) is 12.5 Å². The van der Waals surface area contributed by atoms with Crippen LogP contribution in [0, 0.1) is 0 Å². The summed E-state index contributed by atoms with van der Waals surface area (Å²) in [6.07, 6.45) is -3.49. The molecule has 2 N–H and O–H groups in total. The Bertz CT molecular complexity index is 312. The molecule has 0 rings (SSSR count). The maximum Gasteiger partial charge on any atom is 0.505 e. The van der Waals surface area contributed by atoms with E-state index in [4.69, 9.17) is 10.0 Å². The Kier molecular flexibility index (Phi) is 5.77. The van der Waals surface area contributed by atoms with Gasteiger partial charge in [0.05, 0.1) is 5.57 Å². The zero-order valence-electron chi connectivity index (χ0n) is 10.3. The Balaban J connectivity index is 5.60. The molecular weight excluding hydrogens is 234 g/mol. The van der Waals surface area contributed by atoms with Crippen molar-refractivity contribution in [3.8, 4) is 0 Å². The van der Waals surface area contributed by atoms with Crippen molar-refractivity contribution in [3.05, 3.63) is 22.8 Å². The summed E-state index contributed by atoms with van der Waals surface area (Å²) >= 11 is 0. The fourth-order valence-corrected chi connectivity index (χ4v) is 1.22. The molecule has 0 aliphatic carbocycles. The Labute approximate surface area is 99.4 Å². The standard InChI is InChI=1S/C10H17BF3NO2/c1-5-7(2)8(10(12,13)14)6-9(11(16)17)15(3)4/h6,16-17H,5H2,1-4H3/b8-7-,9-6-. The van der Waals surface area contributed by atoms with E-state index in [-0.39, 0.29) is 17.6 Å². The van der Waals surface area contributed by atoms with Crippen molar-refractivity contribution >= 4 is 7.12 Å². The second-order valence-electron chi connectivity index (χ2n) is 3.88. The number of alkyl halides is 3. The van der Waals surface area contributed by atoms with Crippen LogP contribution in [-0.4, -0.2) is 42.3 Å². The highest BCUT2D eigenvalue weighted by Crippen LogP contribution is 2.31. The number of halogens is 3. The lowest BCUT2D eigenvalue weighted by atomic mass is 9.83. The highest BCUT2D eigenvalue weighted by atomic mass is 19.4. The van der Waals surface area contributed by atoms with E-state index in [0.29, 0.717) is 0 Å². The minimum Gasteiger partial charge on any atom is -0.422 e. The lowest BCUT2D eigenvalue weighted by Gasteiger charge is -2.19. The monoisotopic (exact) mass is 251 g/mol. The van der Waals surface area contributed by atoms with Gasteiger partial charge in [-0.15, -0.1) is 0 Å². The summed E-state index contributed by atoms with van der Waals surface area (Å²) < 4.78 is 38.3. The summed E-state index contributed by atoms with van der Waals surface area (Å²) in [5.41, 5.74) is -0.889. The van der Waals surface area contributed by atoms with E-state index >= 15 is 0 Å². The van der Waals surface area contributed by atoms with Crippen LogP contribution in [0.1, 0.15) is 20.3 Å². The van der Waals surface area contributed by atoms with Gasteiger partial charge in [0, 0.05) is 19.7 Å². The van der Waals surface area contributed by atoms with Crippen LogP contribution >= 0.6 is 0 Å². The molecule has 0 aliphatic rings. The Morgan fingerprint density at radius 3 is 2.00 bits per heavy atom. The van der Waals surface area contributed by atoms with Crippen LogP contribution in [0.15, 0.2) is 22.8 Å². The second kappa shape index (κ2) is 6.11. The average molecular weight is 251 g/mol. The molecule has 0 amide bonds. The van der Waals surface area contributed by atoms with Gasteiger partial charge >= 0.3 is 13.3 Å². The van der Waals surface area contributed by atoms with Crippen LogP contribution in [0.3, 0.4) is 0 Å². The minimum atomic E-state index is -4.50. The zero-order chi connectivity index (χ0) is 13.8. The molecule has 0 heterocycles. The number of allylic oxidation sites excluding steroid dienone is 3. The number of nitrogens with zero attached hydrogens (tertiary/aromatic N) is 1. The summed E-state index contributed by atoms with van der Waals surface area (Å²) in [6.45, 7) is 2.98. The molecular formula is C10H17BF3NO2. The maximum atomic E-state index is 12.8. The van der Waals surface area contributed by atoms with E-state index in [2.05, 4.69) is 0 Å². The molecule has 0 spiro atoms. The third-order valence-electron chi connectivity index (χ3n) is 2.37. The van der Waals surface area contributed by atoms with Crippen LogP contribution in [0.5, 0.6) is 0 Å². The maximum absolute atomic E-state index is 12.8. The van der Waals surface area contributed by atoms with Crippen molar-refractivity contribution in [3.63, 3.8) is 0 Å². The van der Waals surface area contributed by atoms with E-state index in [9.17, 15) is 13.2 Å². The Morgan fingerprint density at radius 1 is 1.29 bits per heavy atom. The van der Waals surface area contributed by atoms with Gasteiger partial charge in [0.25, 0.3) is 0 Å². The summed E-state index contributed by atoms with van der Waals surface area (Å²) in [5, 5.41) is 18.0.